The molecule has 1 atom stereocenters. The van der Waals surface area contributed by atoms with E-state index in [9.17, 15) is 0 Å². The minimum absolute atomic E-state index is 0.210. The number of hydrogen-bond donors (Lipinski definition) is 1. The van der Waals surface area contributed by atoms with Gasteiger partial charge in [0.15, 0.2) is 0 Å². The van der Waals surface area contributed by atoms with E-state index in [1.165, 1.54) is 4.70 Å². The average molecular weight is 299 g/mol. The number of benzene rings is 1. The van der Waals surface area contributed by atoms with Gasteiger partial charge in [-0.2, -0.15) is 0 Å². The quantitative estimate of drug-likeness (QED) is 0.782. The normalized spacial score (nSPS) is 12.5. The lowest BCUT2D eigenvalue weighted by molar-refractivity contribution is 0.397. The fourth-order valence-electron chi connectivity index (χ4n) is 2.11. The van der Waals surface area contributed by atoms with Gasteiger partial charge in [-0.15, -0.1) is 11.3 Å². The maximum Gasteiger partial charge on any atom is 0.213 e. The molecule has 0 spiro atoms. The summed E-state index contributed by atoms with van der Waals surface area (Å²) in [6, 6.07) is 12.4. The van der Waals surface area contributed by atoms with Crippen LogP contribution in [0.2, 0.25) is 0 Å². The van der Waals surface area contributed by atoms with E-state index in [4.69, 9.17) is 4.74 Å². The molecule has 0 saturated heterocycles. The van der Waals surface area contributed by atoms with Crippen molar-refractivity contribution in [2.24, 2.45) is 0 Å². The summed E-state index contributed by atoms with van der Waals surface area (Å²) in [7, 11) is 1.63. The molecular weight excluding hydrogens is 282 g/mol. The summed E-state index contributed by atoms with van der Waals surface area (Å²) in [5.74, 6) is 0.641. The highest BCUT2D eigenvalue weighted by Gasteiger charge is 2.11. The lowest BCUT2D eigenvalue weighted by Crippen LogP contribution is -2.17. The number of pyridine rings is 1. The molecule has 0 bridgehead atoms. The van der Waals surface area contributed by atoms with Crippen LogP contribution in [0.4, 0.5) is 0 Å². The van der Waals surface area contributed by atoms with Crippen LogP contribution in [0.3, 0.4) is 0 Å². The van der Waals surface area contributed by atoms with Crippen molar-refractivity contribution in [3.05, 3.63) is 53.2 Å². The van der Waals surface area contributed by atoms with Crippen LogP contribution in [-0.2, 0) is 6.54 Å². The molecule has 0 aliphatic heterocycles. The Morgan fingerprint density at radius 1 is 1.29 bits per heavy atom. The first-order valence-corrected chi connectivity index (χ1v) is 7.65. The SMILES string of the molecule is COc1cc(CNC(C)c2nc3ccccc3s2)ccn1. The van der Waals surface area contributed by atoms with Crippen LogP contribution < -0.4 is 10.1 Å². The molecule has 0 aliphatic carbocycles. The summed E-state index contributed by atoms with van der Waals surface area (Å²) in [5.41, 5.74) is 2.21. The Hall–Kier alpha value is -1.98. The number of ether oxygens (including phenoxy) is 1. The highest BCUT2D eigenvalue weighted by atomic mass is 32.1. The van der Waals surface area contributed by atoms with Gasteiger partial charge in [-0.3, -0.25) is 0 Å². The fraction of sp³-hybridized carbons (Fsp3) is 0.250. The van der Waals surface area contributed by atoms with Crippen molar-refractivity contribution in [3.8, 4) is 5.88 Å². The molecule has 21 heavy (non-hydrogen) atoms. The van der Waals surface area contributed by atoms with E-state index in [0.717, 1.165) is 22.6 Å². The topological polar surface area (TPSA) is 47.0 Å². The van der Waals surface area contributed by atoms with Crippen LogP contribution in [0, 0.1) is 0 Å². The second kappa shape index (κ2) is 6.20. The largest absolute Gasteiger partial charge is 0.481 e. The molecule has 1 unspecified atom stereocenters. The minimum atomic E-state index is 0.210. The van der Waals surface area contributed by atoms with Gasteiger partial charge in [0.2, 0.25) is 5.88 Å². The number of para-hydroxylation sites is 1. The summed E-state index contributed by atoms with van der Waals surface area (Å²) >= 11 is 1.74. The lowest BCUT2D eigenvalue weighted by atomic mass is 10.2. The second-order valence-corrected chi connectivity index (χ2v) is 5.89. The predicted molar refractivity (Wildman–Crippen MR) is 85.7 cm³/mol. The minimum Gasteiger partial charge on any atom is -0.481 e. The lowest BCUT2D eigenvalue weighted by Gasteiger charge is -2.11. The third kappa shape index (κ3) is 3.20. The Balaban J connectivity index is 1.69. The highest BCUT2D eigenvalue weighted by molar-refractivity contribution is 7.18. The van der Waals surface area contributed by atoms with Gasteiger partial charge >= 0.3 is 0 Å². The van der Waals surface area contributed by atoms with Gasteiger partial charge in [0.1, 0.15) is 5.01 Å². The van der Waals surface area contributed by atoms with E-state index in [0.29, 0.717) is 5.88 Å². The van der Waals surface area contributed by atoms with Crippen molar-refractivity contribution in [3.63, 3.8) is 0 Å². The van der Waals surface area contributed by atoms with Crippen molar-refractivity contribution in [2.45, 2.75) is 19.5 Å². The molecule has 0 saturated carbocycles. The maximum absolute atomic E-state index is 5.14. The zero-order chi connectivity index (χ0) is 14.7. The molecule has 1 N–H and O–H groups in total. The van der Waals surface area contributed by atoms with Crippen molar-refractivity contribution in [1.29, 1.82) is 0 Å². The molecular formula is C16H17N3OS. The van der Waals surface area contributed by atoms with Crippen molar-refractivity contribution in [1.82, 2.24) is 15.3 Å². The Labute approximate surface area is 127 Å². The summed E-state index contributed by atoms with van der Waals surface area (Å²) < 4.78 is 6.37. The van der Waals surface area contributed by atoms with Crippen molar-refractivity contribution >= 4 is 21.6 Å². The van der Waals surface area contributed by atoms with E-state index in [2.05, 4.69) is 34.3 Å². The molecule has 3 aromatic rings. The number of fused-ring (bicyclic) bond motifs is 1. The summed E-state index contributed by atoms with van der Waals surface area (Å²) in [5, 5.41) is 4.60. The first kappa shape index (κ1) is 14.0. The number of rotatable bonds is 5. The molecule has 2 aromatic heterocycles. The van der Waals surface area contributed by atoms with E-state index >= 15 is 0 Å². The van der Waals surface area contributed by atoms with E-state index in [1.54, 1.807) is 24.6 Å². The summed E-state index contributed by atoms with van der Waals surface area (Å²) in [4.78, 5) is 8.79. The third-order valence-corrected chi connectivity index (χ3v) is 4.52. The van der Waals surface area contributed by atoms with Gasteiger partial charge in [0.05, 0.1) is 23.4 Å². The Morgan fingerprint density at radius 2 is 2.14 bits per heavy atom. The Bertz CT molecular complexity index is 708. The van der Waals surface area contributed by atoms with Gasteiger partial charge in [-0.05, 0) is 30.7 Å². The van der Waals surface area contributed by atoms with Gasteiger partial charge in [0.25, 0.3) is 0 Å². The first-order chi connectivity index (χ1) is 10.3. The van der Waals surface area contributed by atoms with Crippen LogP contribution in [0.5, 0.6) is 5.88 Å². The molecule has 0 amide bonds. The number of methoxy groups -OCH3 is 1. The number of thiazole rings is 1. The van der Waals surface area contributed by atoms with Crippen molar-refractivity contribution < 1.29 is 4.74 Å². The Kier molecular flexibility index (Phi) is 4.13. The predicted octanol–water partition coefficient (Wildman–Crippen LogP) is 3.55. The second-order valence-electron chi connectivity index (χ2n) is 4.83. The van der Waals surface area contributed by atoms with Gasteiger partial charge in [-0.1, -0.05) is 12.1 Å². The standard InChI is InChI=1S/C16H17N3OS/c1-11(16-19-13-5-3-4-6-14(13)21-16)18-10-12-7-8-17-15(9-12)20-2/h3-9,11,18H,10H2,1-2H3. The number of nitrogens with one attached hydrogen (secondary N) is 1. The zero-order valence-electron chi connectivity index (χ0n) is 12.0. The van der Waals surface area contributed by atoms with Crippen LogP contribution in [0.25, 0.3) is 10.2 Å². The van der Waals surface area contributed by atoms with Crippen LogP contribution >= 0.6 is 11.3 Å². The molecule has 1 aromatic carbocycles. The fourth-order valence-corrected chi connectivity index (χ4v) is 3.10. The molecule has 108 valence electrons. The Morgan fingerprint density at radius 3 is 2.95 bits per heavy atom. The summed E-state index contributed by atoms with van der Waals surface area (Å²) in [6.07, 6.45) is 1.76. The molecule has 0 fully saturated rings. The highest BCUT2D eigenvalue weighted by Crippen LogP contribution is 2.26. The van der Waals surface area contributed by atoms with Crippen LogP contribution in [0.1, 0.15) is 23.5 Å². The average Bonchev–Trinajstić information content (AvgIpc) is 2.97. The number of nitrogens with zero attached hydrogens (tertiary/aromatic N) is 2. The van der Waals surface area contributed by atoms with E-state index < -0.39 is 0 Å². The number of hydrogen-bond acceptors (Lipinski definition) is 5. The zero-order valence-corrected chi connectivity index (χ0v) is 12.9. The number of aromatic nitrogens is 2. The van der Waals surface area contributed by atoms with Gasteiger partial charge in [-0.25, -0.2) is 9.97 Å². The maximum atomic E-state index is 5.14. The molecule has 5 heteroatoms. The molecule has 2 heterocycles. The smallest absolute Gasteiger partial charge is 0.213 e. The molecule has 0 radical (unpaired) electrons. The first-order valence-electron chi connectivity index (χ1n) is 6.84. The van der Waals surface area contributed by atoms with E-state index in [1.807, 2.05) is 24.3 Å². The molecule has 4 nitrogen and oxygen atoms in total. The molecule has 0 aliphatic rings. The van der Waals surface area contributed by atoms with Gasteiger partial charge < -0.3 is 10.1 Å². The molecule has 3 rings (SSSR count). The summed E-state index contributed by atoms with van der Waals surface area (Å²) in [6.45, 7) is 2.89. The van der Waals surface area contributed by atoms with Crippen molar-refractivity contribution in [2.75, 3.05) is 7.11 Å². The van der Waals surface area contributed by atoms with Gasteiger partial charge in [0, 0.05) is 18.8 Å². The third-order valence-electron chi connectivity index (χ3n) is 3.30. The van der Waals surface area contributed by atoms with Crippen LogP contribution in [0.15, 0.2) is 42.6 Å². The van der Waals surface area contributed by atoms with Crippen LogP contribution in [-0.4, -0.2) is 17.1 Å². The monoisotopic (exact) mass is 299 g/mol. The van der Waals surface area contributed by atoms with E-state index in [-0.39, 0.29) is 6.04 Å².